The number of benzene rings is 1. The molecule has 1 aliphatic heterocycles. The minimum Gasteiger partial charge on any atom is -0.493 e. The van der Waals surface area contributed by atoms with Gasteiger partial charge in [0, 0.05) is 0 Å². The molecule has 1 N–H and O–H groups in total. The molecule has 25 heavy (non-hydrogen) atoms. The average molecular weight is 409 g/mol. The minimum atomic E-state index is -1.22. The molecule has 1 unspecified atom stereocenters. The largest absolute Gasteiger partial charge is 0.493 e. The van der Waals surface area contributed by atoms with Gasteiger partial charge < -0.3 is 19.2 Å². The Morgan fingerprint density at radius 1 is 1.24 bits per heavy atom. The first kappa shape index (κ1) is 17.3. The maximum atomic E-state index is 12.8. The van der Waals surface area contributed by atoms with Gasteiger partial charge in [0.15, 0.2) is 17.0 Å². The van der Waals surface area contributed by atoms with E-state index in [4.69, 9.17) is 13.9 Å². The van der Waals surface area contributed by atoms with E-state index in [0.717, 1.165) is 4.90 Å². The van der Waals surface area contributed by atoms with Gasteiger partial charge in [-0.05, 0) is 46.6 Å². The lowest BCUT2D eigenvalue weighted by molar-refractivity contribution is -0.132. The van der Waals surface area contributed by atoms with E-state index in [1.165, 1.54) is 20.5 Å². The number of methoxy groups -OCH3 is 2. The van der Waals surface area contributed by atoms with Gasteiger partial charge in [-0.3, -0.25) is 9.69 Å². The molecular weight excluding hydrogens is 392 g/mol. The number of amides is 3. The van der Waals surface area contributed by atoms with Crippen molar-refractivity contribution in [2.75, 3.05) is 14.2 Å². The first-order valence-electron chi connectivity index (χ1n) is 7.49. The molecule has 0 saturated carbocycles. The van der Waals surface area contributed by atoms with Gasteiger partial charge in [0.2, 0.25) is 0 Å². The molecule has 0 aliphatic carbocycles. The predicted octanol–water partition coefficient (Wildman–Crippen LogP) is 3.03. The first-order valence-corrected chi connectivity index (χ1v) is 8.29. The fourth-order valence-corrected chi connectivity index (χ4v) is 3.41. The summed E-state index contributed by atoms with van der Waals surface area (Å²) in [6.07, 6.45) is 1.47. The molecule has 1 aromatic carbocycles. The monoisotopic (exact) mass is 408 g/mol. The number of nitrogens with one attached hydrogen (secondary N) is 1. The zero-order valence-electron chi connectivity index (χ0n) is 14.0. The summed E-state index contributed by atoms with van der Waals surface area (Å²) in [4.78, 5) is 26.4. The van der Waals surface area contributed by atoms with Gasteiger partial charge in [-0.15, -0.1) is 0 Å². The number of rotatable bonds is 5. The molecule has 132 valence electrons. The molecule has 3 rings (SSSR count). The Kier molecular flexibility index (Phi) is 4.47. The number of carbonyl (C=O) groups is 2. The summed E-state index contributed by atoms with van der Waals surface area (Å²) in [6.45, 7) is 1.71. The van der Waals surface area contributed by atoms with Gasteiger partial charge in [-0.1, -0.05) is 6.07 Å². The van der Waals surface area contributed by atoms with Crippen molar-refractivity contribution in [1.82, 2.24) is 10.2 Å². The molecule has 1 aliphatic rings. The van der Waals surface area contributed by atoms with E-state index in [1.54, 1.807) is 31.2 Å². The van der Waals surface area contributed by atoms with Crippen molar-refractivity contribution in [3.8, 4) is 11.5 Å². The lowest BCUT2D eigenvalue weighted by atomic mass is 9.99. The van der Waals surface area contributed by atoms with Crippen molar-refractivity contribution in [2.24, 2.45) is 0 Å². The second-order valence-corrected chi connectivity index (χ2v) is 6.49. The van der Waals surface area contributed by atoms with Gasteiger partial charge in [-0.2, -0.15) is 0 Å². The van der Waals surface area contributed by atoms with Crippen LogP contribution in [0.15, 0.2) is 39.4 Å². The van der Waals surface area contributed by atoms with E-state index in [-0.39, 0.29) is 12.5 Å². The highest BCUT2D eigenvalue weighted by molar-refractivity contribution is 9.10. The topological polar surface area (TPSA) is 81.0 Å². The molecule has 1 atom stereocenters. The summed E-state index contributed by atoms with van der Waals surface area (Å²) < 4.78 is 16.5. The molecule has 0 bridgehead atoms. The Balaban J connectivity index is 1.92. The van der Waals surface area contributed by atoms with Crippen LogP contribution in [0.2, 0.25) is 0 Å². The number of imide groups is 1. The van der Waals surface area contributed by atoms with Crippen LogP contribution in [0.25, 0.3) is 0 Å². The van der Waals surface area contributed by atoms with Crippen molar-refractivity contribution in [2.45, 2.75) is 19.0 Å². The smallest absolute Gasteiger partial charge is 0.325 e. The van der Waals surface area contributed by atoms with E-state index in [0.29, 0.717) is 27.3 Å². The van der Waals surface area contributed by atoms with Crippen LogP contribution in [0.5, 0.6) is 11.5 Å². The summed E-state index contributed by atoms with van der Waals surface area (Å²) in [5.41, 5.74) is -0.506. The number of urea groups is 1. The van der Waals surface area contributed by atoms with Crippen LogP contribution in [0, 0.1) is 0 Å². The first-order chi connectivity index (χ1) is 11.9. The second-order valence-electron chi connectivity index (χ2n) is 5.70. The van der Waals surface area contributed by atoms with E-state index in [1.807, 2.05) is 0 Å². The maximum absolute atomic E-state index is 12.8. The third kappa shape index (κ3) is 2.76. The highest BCUT2D eigenvalue weighted by atomic mass is 79.9. The Labute approximate surface area is 153 Å². The molecule has 3 amide bonds. The zero-order chi connectivity index (χ0) is 18.2. The van der Waals surface area contributed by atoms with Gasteiger partial charge >= 0.3 is 6.03 Å². The van der Waals surface area contributed by atoms with Gasteiger partial charge in [0.25, 0.3) is 5.91 Å². The predicted molar refractivity (Wildman–Crippen MR) is 92.4 cm³/mol. The molecule has 1 saturated heterocycles. The Morgan fingerprint density at radius 2 is 2.00 bits per heavy atom. The van der Waals surface area contributed by atoms with Crippen molar-refractivity contribution < 1.29 is 23.5 Å². The lowest BCUT2D eigenvalue weighted by Gasteiger charge is -2.20. The third-order valence-corrected chi connectivity index (χ3v) is 5.05. The van der Waals surface area contributed by atoms with E-state index in [2.05, 4.69) is 21.2 Å². The van der Waals surface area contributed by atoms with E-state index >= 15 is 0 Å². The normalized spacial score (nSPS) is 19.9. The number of halogens is 1. The third-order valence-electron chi connectivity index (χ3n) is 4.18. The Bertz CT molecular complexity index is 821. The van der Waals surface area contributed by atoms with Crippen LogP contribution >= 0.6 is 15.9 Å². The van der Waals surface area contributed by atoms with Crippen LogP contribution in [-0.4, -0.2) is 31.1 Å². The molecular formula is C17H17BrN2O5. The number of furan rings is 1. The Morgan fingerprint density at radius 3 is 2.60 bits per heavy atom. The molecule has 0 radical (unpaired) electrons. The van der Waals surface area contributed by atoms with Crippen molar-refractivity contribution in [3.63, 3.8) is 0 Å². The van der Waals surface area contributed by atoms with Gasteiger partial charge in [-0.25, -0.2) is 4.79 Å². The molecule has 2 heterocycles. The van der Waals surface area contributed by atoms with Crippen molar-refractivity contribution in [3.05, 3.63) is 46.3 Å². The highest BCUT2D eigenvalue weighted by Gasteiger charge is 2.51. The molecule has 8 heteroatoms. The van der Waals surface area contributed by atoms with Crippen LogP contribution in [-0.2, 0) is 16.9 Å². The zero-order valence-corrected chi connectivity index (χ0v) is 15.5. The van der Waals surface area contributed by atoms with E-state index < -0.39 is 11.6 Å². The fraction of sp³-hybridized carbons (Fsp3) is 0.294. The van der Waals surface area contributed by atoms with Crippen molar-refractivity contribution >= 4 is 27.9 Å². The Hall–Kier alpha value is -2.48. The number of nitrogens with zero attached hydrogens (tertiary/aromatic N) is 1. The van der Waals surface area contributed by atoms with E-state index in [9.17, 15) is 9.59 Å². The summed E-state index contributed by atoms with van der Waals surface area (Å²) in [6, 6.07) is 6.35. The quantitative estimate of drug-likeness (QED) is 0.768. The van der Waals surface area contributed by atoms with Crippen molar-refractivity contribution in [1.29, 1.82) is 0 Å². The fourth-order valence-electron chi connectivity index (χ4n) is 2.79. The summed E-state index contributed by atoms with van der Waals surface area (Å²) in [7, 11) is 3.06. The number of hydrogen-bond donors (Lipinski definition) is 1. The lowest BCUT2D eigenvalue weighted by Crippen LogP contribution is -2.40. The van der Waals surface area contributed by atoms with Crippen LogP contribution in [0.1, 0.15) is 18.2 Å². The minimum absolute atomic E-state index is 0.0852. The summed E-state index contributed by atoms with van der Waals surface area (Å²) in [5.74, 6) is 1.06. The molecule has 7 nitrogen and oxygen atoms in total. The van der Waals surface area contributed by atoms with Crippen LogP contribution in [0.4, 0.5) is 4.79 Å². The van der Waals surface area contributed by atoms with Gasteiger partial charge in [0.1, 0.15) is 5.76 Å². The average Bonchev–Trinajstić information content (AvgIpc) is 3.20. The number of hydrogen-bond acceptors (Lipinski definition) is 5. The molecule has 1 fully saturated rings. The number of carbonyl (C=O) groups excluding carboxylic acids is 2. The number of ether oxygens (including phenoxy) is 2. The second kappa shape index (κ2) is 6.44. The highest BCUT2D eigenvalue weighted by Crippen LogP contribution is 2.39. The maximum Gasteiger partial charge on any atom is 0.325 e. The standard InChI is InChI=1S/C17H17BrN2O5/c1-17(12-5-4-8-25-12)15(21)20(16(22)19-17)9-10-6-7-11(23-2)14(24-3)13(10)18/h4-8H,9H2,1-3H3,(H,19,22). The van der Waals surface area contributed by atoms with Crippen LogP contribution < -0.4 is 14.8 Å². The summed E-state index contributed by atoms with van der Waals surface area (Å²) >= 11 is 3.45. The molecule has 1 aromatic heterocycles. The SMILES string of the molecule is COc1ccc(CN2C(=O)NC(C)(c3ccco3)C2=O)c(Br)c1OC. The summed E-state index contributed by atoms with van der Waals surface area (Å²) in [5, 5.41) is 2.70. The molecule has 2 aromatic rings. The van der Waals surface area contributed by atoms with Gasteiger partial charge in [0.05, 0.1) is 31.5 Å². The van der Waals surface area contributed by atoms with Crippen LogP contribution in [0.3, 0.4) is 0 Å². The molecule has 0 spiro atoms.